The number of nitrogens with one attached hydrogen (secondary N) is 1. The van der Waals surface area contributed by atoms with E-state index in [1.165, 1.54) is 18.9 Å². The van der Waals surface area contributed by atoms with Gasteiger partial charge in [0.1, 0.15) is 0 Å². The van der Waals surface area contributed by atoms with Crippen LogP contribution in [0.2, 0.25) is 0 Å². The molecule has 0 radical (unpaired) electrons. The second kappa shape index (κ2) is 6.63. The topological polar surface area (TPSA) is 64.4 Å². The molecule has 1 atom stereocenters. The molecule has 1 aliphatic rings. The fourth-order valence-electron chi connectivity index (χ4n) is 2.43. The van der Waals surface area contributed by atoms with Crippen molar-refractivity contribution in [2.45, 2.75) is 26.4 Å². The van der Waals surface area contributed by atoms with Crippen LogP contribution in [0.25, 0.3) is 0 Å². The lowest BCUT2D eigenvalue weighted by Gasteiger charge is -2.22. The first-order valence-corrected chi connectivity index (χ1v) is 6.70. The van der Waals surface area contributed by atoms with E-state index in [-0.39, 0.29) is 10.6 Å². The third-order valence-corrected chi connectivity index (χ3v) is 3.62. The summed E-state index contributed by atoms with van der Waals surface area (Å²) < 4.78 is 5.71. The van der Waals surface area contributed by atoms with Gasteiger partial charge in [0.2, 0.25) is 0 Å². The molecule has 104 valence electrons. The Hall–Kier alpha value is -1.46. The van der Waals surface area contributed by atoms with Crippen molar-refractivity contribution in [3.05, 3.63) is 39.4 Å². The highest BCUT2D eigenvalue weighted by Crippen LogP contribution is 2.22. The molecule has 5 nitrogen and oxygen atoms in total. The van der Waals surface area contributed by atoms with Crippen LogP contribution in [0, 0.1) is 23.0 Å². The Labute approximate surface area is 113 Å². The molecule has 0 bridgehead atoms. The van der Waals surface area contributed by atoms with Gasteiger partial charge in [-0.1, -0.05) is 12.1 Å². The zero-order valence-electron chi connectivity index (χ0n) is 11.2. The molecule has 5 heteroatoms. The number of nitro benzene ring substituents is 1. The maximum Gasteiger partial charge on any atom is 0.272 e. The summed E-state index contributed by atoms with van der Waals surface area (Å²) in [5, 5.41) is 14.2. The number of piperidine rings is 1. The number of benzene rings is 1. The molecule has 19 heavy (non-hydrogen) atoms. The van der Waals surface area contributed by atoms with E-state index in [1.807, 2.05) is 6.07 Å². The number of hydrogen-bond acceptors (Lipinski definition) is 4. The third kappa shape index (κ3) is 3.75. The van der Waals surface area contributed by atoms with E-state index in [9.17, 15) is 10.1 Å². The summed E-state index contributed by atoms with van der Waals surface area (Å²) in [4.78, 5) is 10.5. The summed E-state index contributed by atoms with van der Waals surface area (Å²) in [6, 6.07) is 5.14. The summed E-state index contributed by atoms with van der Waals surface area (Å²) in [5.74, 6) is 0.563. The highest BCUT2D eigenvalue weighted by atomic mass is 16.6. The van der Waals surface area contributed by atoms with Gasteiger partial charge in [-0.05, 0) is 37.8 Å². The van der Waals surface area contributed by atoms with Crippen molar-refractivity contribution in [3.8, 4) is 0 Å². The van der Waals surface area contributed by atoms with Gasteiger partial charge in [0, 0.05) is 18.2 Å². The van der Waals surface area contributed by atoms with E-state index < -0.39 is 0 Å². The van der Waals surface area contributed by atoms with Gasteiger partial charge in [0.25, 0.3) is 5.69 Å². The monoisotopic (exact) mass is 264 g/mol. The zero-order valence-corrected chi connectivity index (χ0v) is 11.2. The van der Waals surface area contributed by atoms with Crippen LogP contribution in [-0.4, -0.2) is 24.6 Å². The Morgan fingerprint density at radius 2 is 2.37 bits per heavy atom. The second-order valence-electron chi connectivity index (χ2n) is 5.05. The molecule has 1 aromatic rings. The van der Waals surface area contributed by atoms with Crippen molar-refractivity contribution >= 4 is 5.69 Å². The number of ether oxygens (including phenoxy) is 1. The van der Waals surface area contributed by atoms with Crippen molar-refractivity contribution in [1.29, 1.82) is 0 Å². The molecule has 0 saturated carbocycles. The molecule has 1 fully saturated rings. The van der Waals surface area contributed by atoms with Crippen LogP contribution in [0.1, 0.15) is 24.0 Å². The summed E-state index contributed by atoms with van der Waals surface area (Å²) in [5.41, 5.74) is 1.77. The predicted molar refractivity (Wildman–Crippen MR) is 73.1 cm³/mol. The largest absolute Gasteiger partial charge is 0.376 e. The van der Waals surface area contributed by atoms with Crippen LogP contribution in [0.5, 0.6) is 0 Å². The number of rotatable bonds is 5. The highest BCUT2D eigenvalue weighted by molar-refractivity contribution is 5.44. The Balaban J connectivity index is 1.88. The molecule has 1 saturated heterocycles. The lowest BCUT2D eigenvalue weighted by atomic mass is 10.0. The molecule has 1 unspecified atom stereocenters. The Morgan fingerprint density at radius 1 is 1.53 bits per heavy atom. The summed E-state index contributed by atoms with van der Waals surface area (Å²) in [6.45, 7) is 5.05. The van der Waals surface area contributed by atoms with Gasteiger partial charge in [-0.2, -0.15) is 0 Å². The standard InChI is InChI=1S/C14H20N2O3/c1-11-13(5-2-6-14(11)16(17)18)10-19-9-12-4-3-7-15-8-12/h2,5-6,12,15H,3-4,7-10H2,1H3. The fraction of sp³-hybridized carbons (Fsp3) is 0.571. The minimum absolute atomic E-state index is 0.167. The average molecular weight is 264 g/mol. The van der Waals surface area contributed by atoms with Crippen molar-refractivity contribution in [1.82, 2.24) is 5.32 Å². The van der Waals surface area contributed by atoms with Gasteiger partial charge < -0.3 is 10.1 Å². The molecule has 0 aliphatic carbocycles. The van der Waals surface area contributed by atoms with Gasteiger partial charge in [0.15, 0.2) is 0 Å². The first-order valence-electron chi connectivity index (χ1n) is 6.70. The third-order valence-electron chi connectivity index (χ3n) is 3.62. The summed E-state index contributed by atoms with van der Waals surface area (Å²) in [7, 11) is 0. The van der Waals surface area contributed by atoms with Crippen LogP contribution in [0.15, 0.2) is 18.2 Å². The molecule has 0 spiro atoms. The lowest BCUT2D eigenvalue weighted by molar-refractivity contribution is -0.385. The van der Waals surface area contributed by atoms with E-state index in [0.29, 0.717) is 18.1 Å². The molecular formula is C14H20N2O3. The van der Waals surface area contributed by atoms with Crippen molar-refractivity contribution < 1.29 is 9.66 Å². The minimum Gasteiger partial charge on any atom is -0.376 e. The fourth-order valence-corrected chi connectivity index (χ4v) is 2.43. The summed E-state index contributed by atoms with van der Waals surface area (Å²) in [6.07, 6.45) is 2.39. The lowest BCUT2D eigenvalue weighted by Crippen LogP contribution is -2.32. The van der Waals surface area contributed by atoms with Crippen LogP contribution < -0.4 is 5.32 Å². The number of hydrogen-bond donors (Lipinski definition) is 1. The van der Waals surface area contributed by atoms with E-state index >= 15 is 0 Å². The Morgan fingerprint density at radius 3 is 3.05 bits per heavy atom. The van der Waals surface area contributed by atoms with Crippen LogP contribution in [0.4, 0.5) is 5.69 Å². The predicted octanol–water partition coefficient (Wildman–Crippen LogP) is 2.42. The maximum absolute atomic E-state index is 10.9. The molecule has 1 N–H and O–H groups in total. The average Bonchev–Trinajstić information content (AvgIpc) is 2.41. The molecule has 0 aromatic heterocycles. The van der Waals surface area contributed by atoms with Crippen molar-refractivity contribution in [3.63, 3.8) is 0 Å². The quantitative estimate of drug-likeness (QED) is 0.655. The van der Waals surface area contributed by atoms with Crippen molar-refractivity contribution in [2.75, 3.05) is 19.7 Å². The minimum atomic E-state index is -0.343. The van der Waals surface area contributed by atoms with Gasteiger partial charge in [0.05, 0.1) is 18.1 Å². The van der Waals surface area contributed by atoms with Crippen molar-refractivity contribution in [2.24, 2.45) is 5.92 Å². The Kier molecular flexibility index (Phi) is 4.87. The molecule has 1 aliphatic heterocycles. The summed E-state index contributed by atoms with van der Waals surface area (Å²) >= 11 is 0. The smallest absolute Gasteiger partial charge is 0.272 e. The number of nitro groups is 1. The van der Waals surface area contributed by atoms with E-state index in [0.717, 1.165) is 25.3 Å². The first kappa shape index (κ1) is 14.0. The van der Waals surface area contributed by atoms with E-state index in [4.69, 9.17) is 4.74 Å². The zero-order chi connectivity index (χ0) is 13.7. The van der Waals surface area contributed by atoms with Crippen LogP contribution in [0.3, 0.4) is 0 Å². The molecule has 2 rings (SSSR count). The SMILES string of the molecule is Cc1c(COCC2CCCNC2)cccc1[N+](=O)[O-]. The highest BCUT2D eigenvalue weighted by Gasteiger charge is 2.15. The Bertz CT molecular complexity index is 442. The normalized spacial score (nSPS) is 19.3. The maximum atomic E-state index is 10.9. The molecule has 0 amide bonds. The van der Waals surface area contributed by atoms with E-state index in [1.54, 1.807) is 13.0 Å². The van der Waals surface area contributed by atoms with Gasteiger partial charge in [-0.25, -0.2) is 0 Å². The van der Waals surface area contributed by atoms with Gasteiger partial charge >= 0.3 is 0 Å². The number of nitrogens with zero attached hydrogens (tertiary/aromatic N) is 1. The van der Waals surface area contributed by atoms with Gasteiger partial charge in [-0.15, -0.1) is 0 Å². The molecular weight excluding hydrogens is 244 g/mol. The van der Waals surface area contributed by atoms with E-state index in [2.05, 4.69) is 5.32 Å². The van der Waals surface area contributed by atoms with Crippen LogP contribution >= 0.6 is 0 Å². The first-order chi connectivity index (χ1) is 9.18. The van der Waals surface area contributed by atoms with Crippen LogP contribution in [-0.2, 0) is 11.3 Å². The van der Waals surface area contributed by atoms with Gasteiger partial charge in [-0.3, -0.25) is 10.1 Å². The molecule has 1 aromatic carbocycles. The molecule has 1 heterocycles. The second-order valence-corrected chi connectivity index (χ2v) is 5.05.